The Balaban J connectivity index is 1.48. The maximum Gasteiger partial charge on any atom is 0.338 e. The number of aryl methyl sites for hydroxylation is 1. The molecule has 1 atom stereocenters. The van der Waals surface area contributed by atoms with Gasteiger partial charge in [-0.25, -0.2) is 9.48 Å². The molecule has 0 radical (unpaired) electrons. The Kier molecular flexibility index (Phi) is 9.19. The van der Waals surface area contributed by atoms with Crippen LogP contribution in [0.2, 0.25) is 5.02 Å². The van der Waals surface area contributed by atoms with E-state index < -0.39 is 12.0 Å². The topological polar surface area (TPSA) is 87.5 Å². The molecule has 1 N–H and O–H groups in total. The smallest absolute Gasteiger partial charge is 0.338 e. The highest BCUT2D eigenvalue weighted by Crippen LogP contribution is 2.40. The number of thioether (sulfide) groups is 1. The van der Waals surface area contributed by atoms with E-state index in [0.29, 0.717) is 51.3 Å². The van der Waals surface area contributed by atoms with Crippen molar-refractivity contribution in [3.8, 4) is 11.5 Å². The van der Waals surface area contributed by atoms with E-state index in [-0.39, 0.29) is 6.61 Å². The van der Waals surface area contributed by atoms with Crippen molar-refractivity contribution in [2.45, 2.75) is 37.4 Å². The molecule has 1 aliphatic heterocycles. The molecule has 216 valence electrons. The Bertz CT molecular complexity index is 1650. The van der Waals surface area contributed by atoms with Crippen LogP contribution in [0, 0.1) is 6.92 Å². The fraction of sp³-hybridized carbons (Fsp3) is 0.219. The predicted octanol–water partition coefficient (Wildman–Crippen LogP) is 7.14. The van der Waals surface area contributed by atoms with Gasteiger partial charge in [0.15, 0.2) is 11.5 Å². The Morgan fingerprint density at radius 3 is 2.60 bits per heavy atom. The maximum absolute atomic E-state index is 13.3. The summed E-state index contributed by atoms with van der Waals surface area (Å²) >= 11 is 7.82. The molecule has 42 heavy (non-hydrogen) atoms. The SMILES string of the molecule is C=CCOC(=O)C1=C(C)Nc2nc(SCc3ccccc3Cl)nn2C1c1ccc(OCc2ccccc2C)c(OC)c1. The van der Waals surface area contributed by atoms with Gasteiger partial charge in [0.1, 0.15) is 19.3 Å². The number of rotatable bonds is 11. The van der Waals surface area contributed by atoms with E-state index in [2.05, 4.69) is 24.9 Å². The van der Waals surface area contributed by atoms with Gasteiger partial charge >= 0.3 is 5.97 Å². The summed E-state index contributed by atoms with van der Waals surface area (Å²) in [6, 6.07) is 20.7. The Hall–Kier alpha value is -4.21. The molecule has 1 aliphatic rings. The van der Waals surface area contributed by atoms with E-state index in [1.165, 1.54) is 17.8 Å². The number of benzene rings is 3. The molecular formula is C32H31ClN4O4S. The largest absolute Gasteiger partial charge is 0.493 e. The quantitative estimate of drug-likeness (QED) is 0.110. The Labute approximate surface area is 254 Å². The van der Waals surface area contributed by atoms with Crippen molar-refractivity contribution in [2.24, 2.45) is 0 Å². The van der Waals surface area contributed by atoms with Crippen LogP contribution in [0.3, 0.4) is 0 Å². The van der Waals surface area contributed by atoms with Gasteiger partial charge in [0.05, 0.1) is 12.7 Å². The summed E-state index contributed by atoms with van der Waals surface area (Å²) in [7, 11) is 1.59. The second kappa shape index (κ2) is 13.2. The third-order valence-corrected chi connectivity index (χ3v) is 8.10. The van der Waals surface area contributed by atoms with E-state index >= 15 is 0 Å². The van der Waals surface area contributed by atoms with Gasteiger partial charge < -0.3 is 19.5 Å². The average Bonchev–Trinajstić information content (AvgIpc) is 3.40. The third-order valence-electron chi connectivity index (χ3n) is 6.85. The van der Waals surface area contributed by atoms with Crippen molar-refractivity contribution in [3.63, 3.8) is 0 Å². The van der Waals surface area contributed by atoms with Gasteiger partial charge in [-0.2, -0.15) is 4.98 Å². The molecule has 0 saturated heterocycles. The minimum atomic E-state index is -0.625. The number of fused-ring (bicyclic) bond motifs is 1. The second-order valence-electron chi connectivity index (χ2n) is 9.62. The van der Waals surface area contributed by atoms with Crippen LogP contribution in [-0.4, -0.2) is 34.5 Å². The number of carbonyl (C=O) groups excluding carboxylic acids is 1. The van der Waals surface area contributed by atoms with Crippen molar-refractivity contribution in [3.05, 3.63) is 118 Å². The molecule has 0 amide bonds. The molecule has 2 heterocycles. The van der Waals surface area contributed by atoms with Crippen molar-refractivity contribution in [1.29, 1.82) is 0 Å². The number of nitrogens with one attached hydrogen (secondary N) is 1. The zero-order chi connectivity index (χ0) is 29.6. The highest BCUT2D eigenvalue weighted by molar-refractivity contribution is 7.98. The zero-order valence-electron chi connectivity index (χ0n) is 23.6. The number of carbonyl (C=O) groups is 1. The fourth-order valence-electron chi connectivity index (χ4n) is 4.64. The number of hydrogen-bond acceptors (Lipinski definition) is 8. The minimum Gasteiger partial charge on any atom is -0.493 e. The molecule has 0 saturated carbocycles. The van der Waals surface area contributed by atoms with E-state index in [1.807, 2.05) is 67.6 Å². The lowest BCUT2D eigenvalue weighted by Gasteiger charge is -2.28. The predicted molar refractivity (Wildman–Crippen MR) is 165 cm³/mol. The lowest BCUT2D eigenvalue weighted by Crippen LogP contribution is -2.29. The Morgan fingerprint density at radius 1 is 1.10 bits per heavy atom. The van der Waals surface area contributed by atoms with Gasteiger partial charge in [-0.3, -0.25) is 0 Å². The molecule has 0 aliphatic carbocycles. The van der Waals surface area contributed by atoms with Gasteiger partial charge in [0.25, 0.3) is 0 Å². The number of esters is 1. The van der Waals surface area contributed by atoms with Gasteiger partial charge in [0.2, 0.25) is 11.1 Å². The van der Waals surface area contributed by atoms with Crippen LogP contribution in [0.4, 0.5) is 5.95 Å². The number of halogens is 1. The molecular weight excluding hydrogens is 572 g/mol. The van der Waals surface area contributed by atoms with Crippen LogP contribution >= 0.6 is 23.4 Å². The first-order chi connectivity index (χ1) is 20.4. The van der Waals surface area contributed by atoms with Gasteiger partial charge in [-0.15, -0.1) is 5.10 Å². The molecule has 0 bridgehead atoms. The number of hydrogen-bond donors (Lipinski definition) is 1. The van der Waals surface area contributed by atoms with E-state index in [1.54, 1.807) is 11.8 Å². The zero-order valence-corrected chi connectivity index (χ0v) is 25.2. The van der Waals surface area contributed by atoms with Gasteiger partial charge in [-0.1, -0.05) is 84.5 Å². The molecule has 10 heteroatoms. The second-order valence-corrected chi connectivity index (χ2v) is 11.0. The van der Waals surface area contributed by atoms with Crippen LogP contribution in [0.1, 0.15) is 35.2 Å². The minimum absolute atomic E-state index is 0.0838. The summed E-state index contributed by atoms with van der Waals surface area (Å²) in [6.45, 7) is 8.02. The number of methoxy groups -OCH3 is 1. The van der Waals surface area contributed by atoms with E-state index in [0.717, 1.165) is 22.3 Å². The summed E-state index contributed by atoms with van der Waals surface area (Å²) in [5.41, 5.74) is 5.00. The number of allylic oxidation sites excluding steroid dienone is 1. The first kappa shape index (κ1) is 29.3. The first-order valence-corrected chi connectivity index (χ1v) is 14.7. The van der Waals surface area contributed by atoms with Crippen molar-refractivity contribution in [2.75, 3.05) is 19.0 Å². The molecule has 0 spiro atoms. The Morgan fingerprint density at radius 2 is 1.86 bits per heavy atom. The van der Waals surface area contributed by atoms with Gasteiger partial charge in [0, 0.05) is 16.5 Å². The number of nitrogens with zero attached hydrogens (tertiary/aromatic N) is 3. The molecule has 1 unspecified atom stereocenters. The molecule has 8 nitrogen and oxygen atoms in total. The van der Waals surface area contributed by atoms with E-state index in [4.69, 9.17) is 35.9 Å². The fourth-order valence-corrected chi connectivity index (χ4v) is 5.75. The lowest BCUT2D eigenvalue weighted by molar-refractivity contribution is -0.138. The van der Waals surface area contributed by atoms with Crippen LogP contribution in [-0.2, 0) is 21.9 Å². The van der Waals surface area contributed by atoms with Crippen molar-refractivity contribution >= 4 is 35.3 Å². The van der Waals surface area contributed by atoms with E-state index in [9.17, 15) is 4.79 Å². The summed E-state index contributed by atoms with van der Waals surface area (Å²) in [5, 5.41) is 9.25. The normalized spacial score (nSPS) is 14.1. The summed E-state index contributed by atoms with van der Waals surface area (Å²) < 4.78 is 19.1. The maximum atomic E-state index is 13.3. The number of aromatic nitrogens is 3. The van der Waals surface area contributed by atoms with Crippen LogP contribution in [0.5, 0.6) is 11.5 Å². The van der Waals surface area contributed by atoms with Gasteiger partial charge in [-0.05, 0) is 54.3 Å². The summed E-state index contributed by atoms with van der Waals surface area (Å²) in [4.78, 5) is 18.0. The summed E-state index contributed by atoms with van der Waals surface area (Å²) in [6.07, 6.45) is 1.53. The molecule has 1 aromatic heterocycles. The molecule has 3 aromatic carbocycles. The lowest BCUT2D eigenvalue weighted by atomic mass is 9.95. The number of anilines is 1. The molecule has 5 rings (SSSR count). The molecule has 4 aromatic rings. The third kappa shape index (κ3) is 6.32. The van der Waals surface area contributed by atoms with Crippen LogP contribution < -0.4 is 14.8 Å². The van der Waals surface area contributed by atoms with Crippen molar-refractivity contribution < 1.29 is 19.0 Å². The highest BCUT2D eigenvalue weighted by Gasteiger charge is 2.35. The first-order valence-electron chi connectivity index (χ1n) is 13.3. The van der Waals surface area contributed by atoms with Crippen LogP contribution in [0.25, 0.3) is 0 Å². The number of ether oxygens (including phenoxy) is 3. The monoisotopic (exact) mass is 602 g/mol. The van der Waals surface area contributed by atoms with Crippen LogP contribution in [0.15, 0.2) is 95.8 Å². The average molecular weight is 603 g/mol. The van der Waals surface area contributed by atoms with Crippen molar-refractivity contribution in [1.82, 2.24) is 14.8 Å². The molecule has 0 fully saturated rings. The standard InChI is InChI=1S/C32H31ClN4O4S/c1-5-16-40-30(38)28-21(3)34-31-35-32(42-19-24-12-8-9-13-25(24)33)36-37(31)29(28)22-14-15-26(27(17-22)39-4)41-18-23-11-7-6-10-20(23)2/h5-15,17,29H,1,16,18-19H2,2-4H3,(H,34,35,36). The summed E-state index contributed by atoms with van der Waals surface area (Å²) in [5.74, 6) is 1.75. The highest BCUT2D eigenvalue weighted by atomic mass is 35.5.